The van der Waals surface area contributed by atoms with Crippen molar-refractivity contribution in [3.05, 3.63) is 71.3 Å². The summed E-state index contributed by atoms with van der Waals surface area (Å²) in [6.45, 7) is 2.45. The van der Waals surface area contributed by atoms with Crippen molar-refractivity contribution >= 4 is 11.9 Å². The van der Waals surface area contributed by atoms with Crippen LogP contribution in [-0.2, 0) is 16.1 Å². The average molecular weight is 295 g/mol. The zero-order valence-corrected chi connectivity index (χ0v) is 12.4. The van der Waals surface area contributed by atoms with E-state index in [1.165, 1.54) is 0 Å². The highest BCUT2D eigenvalue weighted by molar-refractivity contribution is 6.03. The second kappa shape index (κ2) is 6.02. The van der Waals surface area contributed by atoms with Crippen molar-refractivity contribution in [3.8, 4) is 0 Å². The van der Waals surface area contributed by atoms with E-state index in [0.717, 1.165) is 11.1 Å². The molecule has 1 aliphatic heterocycles. The summed E-state index contributed by atoms with van der Waals surface area (Å²) in [6, 6.07) is 16.2. The number of esters is 1. The predicted octanol–water partition coefficient (Wildman–Crippen LogP) is 2.95. The van der Waals surface area contributed by atoms with E-state index < -0.39 is 6.04 Å². The molecule has 0 N–H and O–H groups in total. The first-order chi connectivity index (χ1) is 10.7. The molecule has 1 amide bonds. The lowest BCUT2D eigenvalue weighted by Gasteiger charge is -2.23. The third-order valence-electron chi connectivity index (χ3n) is 3.76. The minimum Gasteiger partial charge on any atom is -0.464 e. The summed E-state index contributed by atoms with van der Waals surface area (Å²) in [5.74, 6) is -0.505. The fourth-order valence-corrected chi connectivity index (χ4v) is 2.79. The Kier molecular flexibility index (Phi) is 3.92. The summed E-state index contributed by atoms with van der Waals surface area (Å²) in [5, 5.41) is 0. The smallest absolute Gasteiger partial charge is 0.333 e. The van der Waals surface area contributed by atoms with Gasteiger partial charge >= 0.3 is 5.97 Å². The number of carbonyl (C=O) groups is 2. The summed E-state index contributed by atoms with van der Waals surface area (Å²) in [6.07, 6.45) is 0. The van der Waals surface area contributed by atoms with E-state index in [1.54, 1.807) is 17.9 Å². The molecule has 1 aliphatic rings. The summed E-state index contributed by atoms with van der Waals surface area (Å²) >= 11 is 0. The van der Waals surface area contributed by atoms with Gasteiger partial charge in [-0.05, 0) is 24.1 Å². The van der Waals surface area contributed by atoms with E-state index in [4.69, 9.17) is 4.74 Å². The summed E-state index contributed by atoms with van der Waals surface area (Å²) in [4.78, 5) is 26.6. The van der Waals surface area contributed by atoms with Crippen LogP contribution in [0, 0.1) is 0 Å². The third-order valence-corrected chi connectivity index (χ3v) is 3.76. The summed E-state index contributed by atoms with van der Waals surface area (Å²) < 4.78 is 5.17. The molecule has 0 saturated carbocycles. The molecule has 0 unspecified atom stereocenters. The monoisotopic (exact) mass is 295 g/mol. The van der Waals surface area contributed by atoms with E-state index in [9.17, 15) is 9.59 Å². The molecule has 1 heterocycles. The molecule has 4 nitrogen and oxygen atoms in total. The van der Waals surface area contributed by atoms with E-state index in [1.807, 2.05) is 48.5 Å². The van der Waals surface area contributed by atoms with Crippen LogP contribution in [0.4, 0.5) is 0 Å². The van der Waals surface area contributed by atoms with Crippen LogP contribution in [0.25, 0.3) is 0 Å². The Morgan fingerprint density at radius 3 is 2.50 bits per heavy atom. The van der Waals surface area contributed by atoms with Gasteiger partial charge in [-0.15, -0.1) is 0 Å². The number of carbonyl (C=O) groups excluding carboxylic acids is 2. The molecule has 0 radical (unpaired) electrons. The first-order valence-electron chi connectivity index (χ1n) is 7.33. The lowest BCUT2D eigenvalue weighted by atomic mass is 10.0. The summed E-state index contributed by atoms with van der Waals surface area (Å²) in [5.41, 5.74) is 2.29. The van der Waals surface area contributed by atoms with Crippen LogP contribution < -0.4 is 0 Å². The highest BCUT2D eigenvalue weighted by Crippen LogP contribution is 2.35. The molecule has 4 heteroatoms. The fraction of sp³-hybridized carbons (Fsp3) is 0.222. The normalized spacial score (nSPS) is 16.5. The maximum absolute atomic E-state index is 12.6. The lowest BCUT2D eigenvalue weighted by Crippen LogP contribution is -2.33. The number of benzene rings is 2. The van der Waals surface area contributed by atoms with Crippen molar-refractivity contribution in [1.82, 2.24) is 4.90 Å². The van der Waals surface area contributed by atoms with Gasteiger partial charge in [0.25, 0.3) is 5.91 Å². The number of fused-ring (bicyclic) bond motifs is 1. The van der Waals surface area contributed by atoms with Crippen molar-refractivity contribution in [1.29, 1.82) is 0 Å². The number of hydrogen-bond donors (Lipinski definition) is 0. The zero-order chi connectivity index (χ0) is 15.5. The van der Waals surface area contributed by atoms with Gasteiger partial charge in [0.15, 0.2) is 6.04 Å². The molecule has 2 aromatic carbocycles. The third kappa shape index (κ3) is 2.48. The molecule has 0 bridgehead atoms. The second-order valence-corrected chi connectivity index (χ2v) is 5.16. The van der Waals surface area contributed by atoms with Crippen molar-refractivity contribution in [2.24, 2.45) is 0 Å². The van der Waals surface area contributed by atoms with Crippen molar-refractivity contribution in [3.63, 3.8) is 0 Å². The molecule has 0 aliphatic carbocycles. The van der Waals surface area contributed by atoms with E-state index in [0.29, 0.717) is 18.7 Å². The number of rotatable bonds is 4. The Morgan fingerprint density at radius 1 is 1.09 bits per heavy atom. The maximum Gasteiger partial charge on any atom is 0.333 e. The van der Waals surface area contributed by atoms with E-state index >= 15 is 0 Å². The Hall–Kier alpha value is -2.62. The van der Waals surface area contributed by atoms with Crippen LogP contribution in [-0.4, -0.2) is 23.4 Å². The van der Waals surface area contributed by atoms with Gasteiger partial charge in [-0.2, -0.15) is 0 Å². The Labute approximate surface area is 129 Å². The van der Waals surface area contributed by atoms with Crippen molar-refractivity contribution in [2.75, 3.05) is 6.61 Å². The number of nitrogens with zero attached hydrogens (tertiary/aromatic N) is 1. The van der Waals surface area contributed by atoms with Gasteiger partial charge in [-0.25, -0.2) is 4.79 Å². The van der Waals surface area contributed by atoms with Gasteiger partial charge in [0.1, 0.15) is 0 Å². The molecule has 3 rings (SSSR count). The topological polar surface area (TPSA) is 46.6 Å². The fourth-order valence-electron chi connectivity index (χ4n) is 2.79. The van der Waals surface area contributed by atoms with Crippen molar-refractivity contribution in [2.45, 2.75) is 19.5 Å². The Balaban J connectivity index is 1.97. The van der Waals surface area contributed by atoms with Gasteiger partial charge in [-0.3, -0.25) is 4.79 Å². The van der Waals surface area contributed by atoms with Crippen LogP contribution >= 0.6 is 0 Å². The Bertz CT molecular complexity index is 696. The van der Waals surface area contributed by atoms with Gasteiger partial charge in [-0.1, -0.05) is 48.5 Å². The first-order valence-corrected chi connectivity index (χ1v) is 7.33. The maximum atomic E-state index is 12.6. The van der Waals surface area contributed by atoms with E-state index in [2.05, 4.69) is 0 Å². The lowest BCUT2D eigenvalue weighted by molar-refractivity contribution is -0.148. The van der Waals surface area contributed by atoms with E-state index in [-0.39, 0.29) is 11.9 Å². The van der Waals surface area contributed by atoms with Gasteiger partial charge in [0, 0.05) is 12.1 Å². The second-order valence-electron chi connectivity index (χ2n) is 5.16. The first kappa shape index (κ1) is 14.3. The molecule has 0 fully saturated rings. The minimum absolute atomic E-state index is 0.127. The molecule has 0 spiro atoms. The molecule has 0 saturated heterocycles. The molecule has 0 aromatic heterocycles. The van der Waals surface area contributed by atoms with Gasteiger partial charge in [0.05, 0.1) is 6.61 Å². The highest BCUT2D eigenvalue weighted by atomic mass is 16.5. The Morgan fingerprint density at radius 2 is 1.77 bits per heavy atom. The van der Waals surface area contributed by atoms with Crippen LogP contribution in [0.1, 0.15) is 34.5 Å². The summed E-state index contributed by atoms with van der Waals surface area (Å²) in [7, 11) is 0. The molecule has 22 heavy (non-hydrogen) atoms. The molecular formula is C18H17NO3. The minimum atomic E-state index is -0.663. The van der Waals surface area contributed by atoms with Gasteiger partial charge in [0.2, 0.25) is 0 Å². The quantitative estimate of drug-likeness (QED) is 0.815. The van der Waals surface area contributed by atoms with Crippen LogP contribution in [0.2, 0.25) is 0 Å². The molecule has 112 valence electrons. The number of ether oxygens (including phenoxy) is 1. The predicted molar refractivity (Wildman–Crippen MR) is 82.1 cm³/mol. The average Bonchev–Trinajstić information content (AvgIpc) is 2.82. The molecule has 2 aromatic rings. The van der Waals surface area contributed by atoms with Crippen LogP contribution in [0.3, 0.4) is 0 Å². The van der Waals surface area contributed by atoms with Crippen LogP contribution in [0.5, 0.6) is 0 Å². The molecule has 1 atom stereocenters. The van der Waals surface area contributed by atoms with Crippen molar-refractivity contribution < 1.29 is 14.3 Å². The molecular weight excluding hydrogens is 278 g/mol. The largest absolute Gasteiger partial charge is 0.464 e. The highest BCUT2D eigenvalue weighted by Gasteiger charge is 2.41. The number of hydrogen-bond acceptors (Lipinski definition) is 3. The van der Waals surface area contributed by atoms with Gasteiger partial charge < -0.3 is 9.64 Å². The number of amides is 1. The zero-order valence-electron chi connectivity index (χ0n) is 12.4. The van der Waals surface area contributed by atoms with Crippen LogP contribution in [0.15, 0.2) is 54.6 Å². The standard InChI is InChI=1S/C18H17NO3/c1-2-22-18(21)16-14-10-6-7-11-15(14)17(20)19(16)12-13-8-4-3-5-9-13/h3-11,16H,2,12H2,1H3/t16-/m0/s1. The SMILES string of the molecule is CCOC(=O)[C@@H]1c2ccccc2C(=O)N1Cc1ccccc1.